The molecule has 0 saturated carbocycles. The van der Waals surface area contributed by atoms with E-state index in [-0.39, 0.29) is 18.2 Å². The van der Waals surface area contributed by atoms with E-state index in [1.54, 1.807) is 0 Å². The van der Waals surface area contributed by atoms with Gasteiger partial charge >= 0.3 is 0 Å². The van der Waals surface area contributed by atoms with E-state index < -0.39 is 0 Å². The molecule has 0 spiro atoms. The number of aryl methyl sites for hydroxylation is 2. The van der Waals surface area contributed by atoms with Gasteiger partial charge in [0.2, 0.25) is 5.91 Å². The maximum atomic E-state index is 12.7. The summed E-state index contributed by atoms with van der Waals surface area (Å²) in [5.74, 6) is -0.447. The van der Waals surface area contributed by atoms with Crippen molar-refractivity contribution in [2.75, 3.05) is 10.3 Å². The Kier molecular flexibility index (Phi) is 5.22. The third kappa shape index (κ3) is 4.09. The number of hydrogen-bond donors (Lipinski definition) is 1. The van der Waals surface area contributed by atoms with Gasteiger partial charge < -0.3 is 0 Å². The highest BCUT2D eigenvalue weighted by Gasteiger charge is 2.27. The third-order valence-corrected chi connectivity index (χ3v) is 5.44. The minimum Gasteiger partial charge on any atom is -0.297 e. The van der Waals surface area contributed by atoms with Gasteiger partial charge in [-0.15, -0.1) is 11.3 Å². The Hall–Kier alpha value is -3.32. The van der Waals surface area contributed by atoms with Crippen LogP contribution in [-0.4, -0.2) is 22.5 Å². The van der Waals surface area contributed by atoms with Crippen LogP contribution in [0, 0.1) is 13.8 Å². The quantitative estimate of drug-likeness (QED) is 0.693. The van der Waals surface area contributed by atoms with Crippen molar-refractivity contribution in [1.29, 1.82) is 0 Å². The first-order valence-electron chi connectivity index (χ1n) is 9.31. The number of thiazole rings is 1. The molecule has 0 bridgehead atoms. The molecule has 2 heterocycles. The predicted molar refractivity (Wildman–Crippen MR) is 116 cm³/mol. The van der Waals surface area contributed by atoms with E-state index >= 15 is 0 Å². The molecule has 0 unspecified atom stereocenters. The van der Waals surface area contributed by atoms with Gasteiger partial charge in [0.15, 0.2) is 5.13 Å². The largest absolute Gasteiger partial charge is 0.297 e. The van der Waals surface area contributed by atoms with Gasteiger partial charge in [0.25, 0.3) is 5.91 Å². The molecule has 0 saturated heterocycles. The molecule has 1 aromatic heterocycles. The van der Waals surface area contributed by atoms with Crippen LogP contribution < -0.4 is 10.3 Å². The van der Waals surface area contributed by atoms with Crippen molar-refractivity contribution in [3.05, 3.63) is 65.0 Å². The second kappa shape index (κ2) is 7.97. The van der Waals surface area contributed by atoms with E-state index in [0.717, 1.165) is 22.4 Å². The number of hydrazone groups is 1. The third-order valence-electron chi connectivity index (χ3n) is 4.68. The monoisotopic (exact) mass is 404 g/mol. The van der Waals surface area contributed by atoms with Gasteiger partial charge in [-0.05, 0) is 31.0 Å². The number of anilines is 2. The van der Waals surface area contributed by atoms with Crippen LogP contribution in [0.2, 0.25) is 0 Å². The number of hydrogen-bond acceptors (Lipinski definition) is 5. The molecule has 3 aromatic rings. The summed E-state index contributed by atoms with van der Waals surface area (Å²) < 4.78 is 0. The molecule has 2 amide bonds. The molecular formula is C22H20N4O2S. The van der Waals surface area contributed by atoms with Crippen molar-refractivity contribution in [3.63, 3.8) is 0 Å². The number of rotatable bonds is 4. The average molecular weight is 404 g/mol. The fourth-order valence-electron chi connectivity index (χ4n) is 3.09. The van der Waals surface area contributed by atoms with Gasteiger partial charge in [0.1, 0.15) is 5.71 Å². The van der Waals surface area contributed by atoms with Crippen molar-refractivity contribution >= 4 is 39.7 Å². The van der Waals surface area contributed by atoms with Crippen LogP contribution >= 0.6 is 11.3 Å². The Morgan fingerprint density at radius 2 is 1.90 bits per heavy atom. The first-order valence-corrected chi connectivity index (χ1v) is 10.2. The molecule has 7 heteroatoms. The topological polar surface area (TPSA) is 74.7 Å². The molecule has 146 valence electrons. The number of nitrogens with one attached hydrogen (secondary N) is 1. The molecule has 1 aliphatic rings. The molecule has 0 atom stereocenters. The van der Waals surface area contributed by atoms with Crippen LogP contribution in [-0.2, 0) is 9.59 Å². The molecule has 6 nitrogen and oxygen atoms in total. The minimum absolute atomic E-state index is 0.115. The second-order valence-corrected chi connectivity index (χ2v) is 7.76. The Labute approximate surface area is 172 Å². The van der Waals surface area contributed by atoms with Crippen LogP contribution in [0.3, 0.4) is 0 Å². The van der Waals surface area contributed by atoms with Crippen molar-refractivity contribution < 1.29 is 9.59 Å². The van der Waals surface area contributed by atoms with Crippen LogP contribution in [0.15, 0.2) is 59.0 Å². The molecular weight excluding hydrogens is 384 g/mol. The summed E-state index contributed by atoms with van der Waals surface area (Å²) in [6, 6.07) is 15.6. The fourth-order valence-corrected chi connectivity index (χ4v) is 3.81. The predicted octanol–water partition coefficient (Wildman–Crippen LogP) is 4.55. The van der Waals surface area contributed by atoms with Crippen molar-refractivity contribution in [3.8, 4) is 11.3 Å². The van der Waals surface area contributed by atoms with Crippen molar-refractivity contribution in [2.24, 2.45) is 5.10 Å². The van der Waals surface area contributed by atoms with E-state index in [2.05, 4.69) is 15.4 Å². The molecule has 29 heavy (non-hydrogen) atoms. The van der Waals surface area contributed by atoms with Crippen LogP contribution in [0.5, 0.6) is 0 Å². The average Bonchev–Trinajstić information content (AvgIpc) is 3.19. The highest BCUT2D eigenvalue weighted by Crippen LogP contribution is 2.27. The first kappa shape index (κ1) is 19.0. The highest BCUT2D eigenvalue weighted by molar-refractivity contribution is 7.14. The number of amides is 2. The van der Waals surface area contributed by atoms with E-state index in [1.807, 2.05) is 67.8 Å². The van der Waals surface area contributed by atoms with E-state index in [0.29, 0.717) is 23.0 Å². The summed E-state index contributed by atoms with van der Waals surface area (Å²) in [6.45, 7) is 3.88. The maximum absolute atomic E-state index is 12.7. The SMILES string of the molecule is Cc1ccc(C)c(N2N=C(C(=O)Nc3nc(-c4ccccc4)cs3)CCC2=O)c1. The van der Waals surface area contributed by atoms with Gasteiger partial charge in [-0.3, -0.25) is 14.9 Å². The normalized spacial score (nSPS) is 13.9. The van der Waals surface area contributed by atoms with Gasteiger partial charge in [-0.25, -0.2) is 9.99 Å². The smallest absolute Gasteiger partial charge is 0.273 e. The molecule has 2 aromatic carbocycles. The molecule has 1 N–H and O–H groups in total. The molecule has 0 radical (unpaired) electrons. The number of nitrogens with zero attached hydrogens (tertiary/aromatic N) is 3. The summed E-state index contributed by atoms with van der Waals surface area (Å²) in [5, 5.41) is 10.9. The summed E-state index contributed by atoms with van der Waals surface area (Å²) in [5.41, 5.74) is 4.79. The standard InChI is InChI=1S/C22H20N4O2S/c1-14-8-9-15(2)19(12-14)26-20(27)11-10-17(25-26)21(28)24-22-23-18(13-29-22)16-6-4-3-5-7-16/h3-9,12-13H,10-11H2,1-2H3,(H,23,24,28). The van der Waals surface area contributed by atoms with Gasteiger partial charge in [0, 0.05) is 23.8 Å². The molecule has 0 aliphatic carbocycles. The lowest BCUT2D eigenvalue weighted by Crippen LogP contribution is -2.36. The lowest BCUT2D eigenvalue weighted by molar-refractivity contribution is -0.118. The maximum Gasteiger partial charge on any atom is 0.273 e. The Bertz CT molecular complexity index is 1110. The van der Waals surface area contributed by atoms with Crippen LogP contribution in [0.4, 0.5) is 10.8 Å². The summed E-state index contributed by atoms with van der Waals surface area (Å²) in [6.07, 6.45) is 0.551. The lowest BCUT2D eigenvalue weighted by Gasteiger charge is -2.24. The first-order chi connectivity index (χ1) is 14.0. The lowest BCUT2D eigenvalue weighted by atomic mass is 10.1. The van der Waals surface area contributed by atoms with Crippen LogP contribution in [0.1, 0.15) is 24.0 Å². The van der Waals surface area contributed by atoms with Gasteiger partial charge in [-0.2, -0.15) is 5.10 Å². The summed E-state index contributed by atoms with van der Waals surface area (Å²) in [7, 11) is 0. The number of benzene rings is 2. The summed E-state index contributed by atoms with van der Waals surface area (Å²) >= 11 is 1.36. The number of carbonyl (C=O) groups is 2. The highest BCUT2D eigenvalue weighted by atomic mass is 32.1. The number of carbonyl (C=O) groups excluding carboxylic acids is 2. The number of aromatic nitrogens is 1. The fraction of sp³-hybridized carbons (Fsp3) is 0.182. The zero-order chi connectivity index (χ0) is 20.4. The van der Waals surface area contributed by atoms with E-state index in [4.69, 9.17) is 0 Å². The van der Waals surface area contributed by atoms with E-state index in [9.17, 15) is 9.59 Å². The van der Waals surface area contributed by atoms with Gasteiger partial charge in [-0.1, -0.05) is 42.5 Å². The Balaban J connectivity index is 1.55. The van der Waals surface area contributed by atoms with Crippen molar-refractivity contribution in [1.82, 2.24) is 4.98 Å². The molecule has 1 aliphatic heterocycles. The summed E-state index contributed by atoms with van der Waals surface area (Å²) in [4.78, 5) is 29.6. The van der Waals surface area contributed by atoms with Crippen molar-refractivity contribution in [2.45, 2.75) is 26.7 Å². The van der Waals surface area contributed by atoms with Gasteiger partial charge in [0.05, 0.1) is 11.4 Å². The van der Waals surface area contributed by atoms with Crippen LogP contribution in [0.25, 0.3) is 11.3 Å². The second-order valence-electron chi connectivity index (χ2n) is 6.90. The minimum atomic E-state index is -0.332. The Morgan fingerprint density at radius 1 is 1.10 bits per heavy atom. The zero-order valence-corrected chi connectivity index (χ0v) is 17.0. The molecule has 4 rings (SSSR count). The van der Waals surface area contributed by atoms with E-state index in [1.165, 1.54) is 16.3 Å². The zero-order valence-electron chi connectivity index (χ0n) is 16.2. The Morgan fingerprint density at radius 3 is 2.69 bits per heavy atom. The molecule has 0 fully saturated rings.